The van der Waals surface area contributed by atoms with Crippen molar-refractivity contribution >= 4 is 29.2 Å². The summed E-state index contributed by atoms with van der Waals surface area (Å²) in [6, 6.07) is 11.3. The van der Waals surface area contributed by atoms with Crippen LogP contribution in [0.3, 0.4) is 0 Å². The van der Waals surface area contributed by atoms with Crippen molar-refractivity contribution in [3.8, 4) is 0 Å². The van der Waals surface area contributed by atoms with E-state index in [1.807, 2.05) is 30.3 Å². The molecule has 0 radical (unpaired) electrons. The Morgan fingerprint density at radius 3 is 2.48 bits per heavy atom. The number of nitrogens with one attached hydrogen (secondary N) is 2. The minimum atomic E-state index is -0.862. The van der Waals surface area contributed by atoms with Gasteiger partial charge in [-0.3, -0.25) is 4.79 Å². The van der Waals surface area contributed by atoms with Gasteiger partial charge in [-0.05, 0) is 23.8 Å². The highest BCUT2D eigenvalue weighted by molar-refractivity contribution is 6.31. The smallest absolute Gasteiger partial charge is 0.312 e. The number of hydrogen-bond donors (Lipinski definition) is 3. The number of rotatable bonds is 5. The number of hydrogen-bond acceptors (Lipinski definition) is 2. The van der Waals surface area contributed by atoms with E-state index in [9.17, 15) is 14.0 Å². The summed E-state index contributed by atoms with van der Waals surface area (Å²) < 4.78 is 13.1. The summed E-state index contributed by atoms with van der Waals surface area (Å²) in [5.74, 6) is -1.06. The number of halogens is 2. The molecule has 1 atom stereocenters. The van der Waals surface area contributed by atoms with Crippen molar-refractivity contribution in [3.63, 3.8) is 0 Å². The number of carbonyl (C=O) groups excluding carboxylic acids is 2. The molecule has 2 rings (SSSR count). The molecule has 2 aromatic rings. The highest BCUT2D eigenvalue weighted by Gasteiger charge is 2.20. The third-order valence-corrected chi connectivity index (χ3v) is 3.39. The van der Waals surface area contributed by atoms with E-state index < -0.39 is 23.8 Å². The van der Waals surface area contributed by atoms with Gasteiger partial charge in [-0.1, -0.05) is 41.9 Å². The van der Waals surface area contributed by atoms with E-state index in [1.165, 1.54) is 12.1 Å². The topological polar surface area (TPSA) is 84.2 Å². The Kier molecular flexibility index (Phi) is 5.54. The number of urea groups is 1. The second kappa shape index (κ2) is 7.60. The minimum absolute atomic E-state index is 0.106. The van der Waals surface area contributed by atoms with Gasteiger partial charge in [0.15, 0.2) is 0 Å². The molecule has 120 valence electrons. The summed E-state index contributed by atoms with van der Waals surface area (Å²) >= 11 is 5.67. The van der Waals surface area contributed by atoms with Crippen LogP contribution in [0.5, 0.6) is 0 Å². The Morgan fingerprint density at radius 1 is 1.17 bits per heavy atom. The van der Waals surface area contributed by atoms with Crippen LogP contribution in [0.25, 0.3) is 0 Å². The molecule has 0 saturated heterocycles. The second-order valence-electron chi connectivity index (χ2n) is 4.87. The molecule has 0 aliphatic heterocycles. The number of benzene rings is 2. The molecule has 23 heavy (non-hydrogen) atoms. The third-order valence-electron chi connectivity index (χ3n) is 3.10. The lowest BCUT2D eigenvalue weighted by molar-refractivity contribution is -0.117. The maximum Gasteiger partial charge on any atom is 0.312 e. The third kappa shape index (κ3) is 4.96. The summed E-state index contributed by atoms with van der Waals surface area (Å²) in [7, 11) is 0. The van der Waals surface area contributed by atoms with Crippen molar-refractivity contribution < 1.29 is 14.0 Å². The summed E-state index contributed by atoms with van der Waals surface area (Å²) in [4.78, 5) is 23.4. The fourth-order valence-electron chi connectivity index (χ4n) is 2.03. The SMILES string of the molecule is NC(=O)NC(Cc1ccccc1)C(=O)Nc1ccc(F)c(Cl)c1. The van der Waals surface area contributed by atoms with Crippen molar-refractivity contribution in [2.24, 2.45) is 5.73 Å². The summed E-state index contributed by atoms with van der Waals surface area (Å²) in [6.07, 6.45) is 0.268. The fourth-order valence-corrected chi connectivity index (χ4v) is 2.21. The quantitative estimate of drug-likeness (QED) is 0.785. The van der Waals surface area contributed by atoms with Gasteiger partial charge in [-0.2, -0.15) is 0 Å². The van der Waals surface area contributed by atoms with E-state index in [4.69, 9.17) is 17.3 Å². The first kappa shape index (κ1) is 16.8. The Labute approximate surface area is 137 Å². The molecule has 3 amide bonds. The molecule has 0 spiro atoms. The largest absolute Gasteiger partial charge is 0.352 e. The monoisotopic (exact) mass is 335 g/mol. The van der Waals surface area contributed by atoms with Crippen LogP contribution in [-0.2, 0) is 11.2 Å². The fraction of sp³-hybridized carbons (Fsp3) is 0.125. The lowest BCUT2D eigenvalue weighted by Gasteiger charge is -2.17. The highest BCUT2D eigenvalue weighted by atomic mass is 35.5. The molecule has 5 nitrogen and oxygen atoms in total. The highest BCUT2D eigenvalue weighted by Crippen LogP contribution is 2.19. The van der Waals surface area contributed by atoms with Crippen LogP contribution < -0.4 is 16.4 Å². The Balaban J connectivity index is 2.12. The molecule has 0 aliphatic carbocycles. The van der Waals surface area contributed by atoms with Gasteiger partial charge in [-0.25, -0.2) is 9.18 Å². The van der Waals surface area contributed by atoms with Crippen LogP contribution in [0.1, 0.15) is 5.56 Å². The number of carbonyl (C=O) groups is 2. The molecular weight excluding hydrogens is 321 g/mol. The van der Waals surface area contributed by atoms with E-state index in [2.05, 4.69) is 10.6 Å². The Hall–Kier alpha value is -2.60. The zero-order chi connectivity index (χ0) is 16.8. The molecule has 7 heteroatoms. The van der Waals surface area contributed by atoms with Gasteiger partial charge in [0.25, 0.3) is 0 Å². The van der Waals surface area contributed by atoms with E-state index in [-0.39, 0.29) is 11.4 Å². The molecule has 0 aliphatic rings. The molecule has 0 bridgehead atoms. The van der Waals surface area contributed by atoms with Crippen LogP contribution >= 0.6 is 11.6 Å². The maximum absolute atomic E-state index is 13.1. The average molecular weight is 336 g/mol. The Morgan fingerprint density at radius 2 is 1.87 bits per heavy atom. The number of primary amides is 1. The van der Waals surface area contributed by atoms with Gasteiger partial charge in [0, 0.05) is 12.1 Å². The first-order valence-corrected chi connectivity index (χ1v) is 7.19. The molecule has 1 unspecified atom stereocenters. The van der Waals surface area contributed by atoms with Crippen LogP contribution in [0, 0.1) is 5.82 Å². The molecule has 0 fully saturated rings. The van der Waals surface area contributed by atoms with Gasteiger partial charge < -0.3 is 16.4 Å². The average Bonchev–Trinajstić information content (AvgIpc) is 2.51. The van der Waals surface area contributed by atoms with Gasteiger partial charge in [0.2, 0.25) is 5.91 Å². The number of nitrogens with two attached hydrogens (primary N) is 1. The van der Waals surface area contributed by atoms with Crippen molar-refractivity contribution in [1.82, 2.24) is 5.32 Å². The predicted molar refractivity (Wildman–Crippen MR) is 86.7 cm³/mol. The van der Waals surface area contributed by atoms with Crippen LogP contribution in [0.2, 0.25) is 5.02 Å². The lowest BCUT2D eigenvalue weighted by Crippen LogP contribution is -2.47. The molecule has 0 saturated carbocycles. The first-order valence-electron chi connectivity index (χ1n) is 6.81. The zero-order valence-electron chi connectivity index (χ0n) is 12.1. The predicted octanol–water partition coefficient (Wildman–Crippen LogP) is 2.70. The van der Waals surface area contributed by atoms with E-state index in [1.54, 1.807) is 0 Å². The van der Waals surface area contributed by atoms with E-state index >= 15 is 0 Å². The van der Waals surface area contributed by atoms with Gasteiger partial charge in [-0.15, -0.1) is 0 Å². The van der Waals surface area contributed by atoms with Crippen molar-refractivity contribution in [1.29, 1.82) is 0 Å². The molecule has 2 aromatic carbocycles. The number of anilines is 1. The summed E-state index contributed by atoms with van der Waals surface area (Å²) in [6.45, 7) is 0. The van der Waals surface area contributed by atoms with Gasteiger partial charge in [0.1, 0.15) is 11.9 Å². The molecule has 4 N–H and O–H groups in total. The molecule has 0 aromatic heterocycles. The lowest BCUT2D eigenvalue weighted by atomic mass is 10.1. The molecular formula is C16H15ClFN3O2. The Bertz CT molecular complexity index is 710. The van der Waals surface area contributed by atoms with Crippen molar-refractivity contribution in [2.75, 3.05) is 5.32 Å². The summed E-state index contributed by atoms with van der Waals surface area (Å²) in [5, 5.41) is 4.86. The van der Waals surface area contributed by atoms with Gasteiger partial charge in [0.05, 0.1) is 5.02 Å². The van der Waals surface area contributed by atoms with Gasteiger partial charge >= 0.3 is 6.03 Å². The number of amides is 3. The standard InChI is InChI=1S/C16H15ClFN3O2/c17-12-9-11(6-7-13(12)18)20-15(22)14(21-16(19)23)8-10-4-2-1-3-5-10/h1-7,9,14H,8H2,(H,20,22)(H3,19,21,23). The second-order valence-corrected chi connectivity index (χ2v) is 5.28. The minimum Gasteiger partial charge on any atom is -0.352 e. The van der Waals surface area contributed by atoms with E-state index in [0.717, 1.165) is 11.6 Å². The van der Waals surface area contributed by atoms with Crippen LogP contribution in [0.4, 0.5) is 14.9 Å². The maximum atomic E-state index is 13.1. The first-order chi connectivity index (χ1) is 11.0. The normalized spacial score (nSPS) is 11.6. The van der Waals surface area contributed by atoms with Crippen LogP contribution in [0.15, 0.2) is 48.5 Å². The molecule has 0 heterocycles. The van der Waals surface area contributed by atoms with E-state index in [0.29, 0.717) is 5.69 Å². The zero-order valence-corrected chi connectivity index (χ0v) is 12.8. The van der Waals surface area contributed by atoms with Crippen molar-refractivity contribution in [3.05, 3.63) is 64.9 Å². The van der Waals surface area contributed by atoms with Crippen molar-refractivity contribution in [2.45, 2.75) is 12.5 Å². The summed E-state index contributed by atoms with van der Waals surface area (Å²) in [5.41, 5.74) is 6.31. The van der Waals surface area contributed by atoms with Crippen LogP contribution in [-0.4, -0.2) is 18.0 Å².